The van der Waals surface area contributed by atoms with Gasteiger partial charge in [-0.1, -0.05) is 12.1 Å². The summed E-state index contributed by atoms with van der Waals surface area (Å²) in [5.74, 6) is -3.18. The van der Waals surface area contributed by atoms with E-state index < -0.39 is 26.4 Å². The Morgan fingerprint density at radius 2 is 1.61 bits per heavy atom. The number of halogens is 2. The lowest BCUT2D eigenvalue weighted by Crippen LogP contribution is -2.19. The zero-order valence-electron chi connectivity index (χ0n) is 16.8. The zero-order chi connectivity index (χ0) is 23.4. The van der Waals surface area contributed by atoms with Crippen molar-refractivity contribution in [3.05, 3.63) is 90.8 Å². The highest BCUT2D eigenvalue weighted by molar-refractivity contribution is 7.91. The Balaban J connectivity index is 1.45. The van der Waals surface area contributed by atoms with Gasteiger partial charge in [-0.3, -0.25) is 4.79 Å². The maximum absolute atomic E-state index is 12.9. The number of rotatable bonds is 7. The molecule has 2 heterocycles. The first-order valence-electron chi connectivity index (χ1n) is 9.52. The highest BCUT2D eigenvalue weighted by atomic mass is 32.2. The van der Waals surface area contributed by atoms with E-state index >= 15 is 0 Å². The molecule has 2 aromatic carbocycles. The average molecular weight is 470 g/mol. The molecule has 0 saturated carbocycles. The minimum absolute atomic E-state index is 0.258. The van der Waals surface area contributed by atoms with Gasteiger partial charge in [0.1, 0.15) is 5.75 Å². The van der Waals surface area contributed by atoms with Crippen molar-refractivity contribution in [1.82, 2.24) is 14.8 Å². The summed E-state index contributed by atoms with van der Waals surface area (Å²) < 4.78 is 57.0. The van der Waals surface area contributed by atoms with Crippen molar-refractivity contribution in [1.29, 1.82) is 0 Å². The Morgan fingerprint density at radius 1 is 0.909 bits per heavy atom. The molecule has 168 valence electrons. The van der Waals surface area contributed by atoms with Crippen molar-refractivity contribution in [3.8, 4) is 17.4 Å². The first-order valence-corrected chi connectivity index (χ1v) is 11.1. The van der Waals surface area contributed by atoms with Crippen LogP contribution in [0.25, 0.3) is 5.82 Å². The van der Waals surface area contributed by atoms with Crippen LogP contribution in [0.5, 0.6) is 11.6 Å². The molecule has 4 rings (SSSR count). The molecule has 1 amide bonds. The fraction of sp³-hybridized carbons (Fsp3) is 0.0455. The third-order valence-electron chi connectivity index (χ3n) is 4.50. The van der Waals surface area contributed by atoms with E-state index in [1.54, 1.807) is 28.8 Å². The van der Waals surface area contributed by atoms with Crippen LogP contribution in [0.4, 0.5) is 14.5 Å². The molecule has 4 aromatic rings. The standard InChI is InChI=1S/C22H16F2N4O4S/c23-22(24)33(30,31)18-6-2-1-5-17(18)21(29)25-15-7-9-16(10-8-15)32-20-12-11-19(26-27-20)28-13-3-4-14-28/h1-14,22H,(H,25,29). The zero-order valence-corrected chi connectivity index (χ0v) is 17.6. The lowest BCUT2D eigenvalue weighted by atomic mass is 10.2. The van der Waals surface area contributed by atoms with Crippen LogP contribution < -0.4 is 10.1 Å². The third-order valence-corrected chi connectivity index (χ3v) is 5.94. The first-order chi connectivity index (χ1) is 15.8. The van der Waals surface area contributed by atoms with Gasteiger partial charge in [0.25, 0.3) is 5.91 Å². The molecule has 0 saturated heterocycles. The molecule has 0 unspecified atom stereocenters. The van der Waals surface area contributed by atoms with Crippen LogP contribution in [-0.2, 0) is 9.84 Å². The van der Waals surface area contributed by atoms with Crippen molar-refractivity contribution in [3.63, 3.8) is 0 Å². The van der Waals surface area contributed by atoms with E-state index in [0.29, 0.717) is 17.3 Å². The van der Waals surface area contributed by atoms with Gasteiger partial charge in [0.2, 0.25) is 15.7 Å². The number of hydrogen-bond donors (Lipinski definition) is 1. The number of hydrogen-bond acceptors (Lipinski definition) is 6. The van der Waals surface area contributed by atoms with Gasteiger partial charge in [0, 0.05) is 24.1 Å². The van der Waals surface area contributed by atoms with E-state index in [9.17, 15) is 22.0 Å². The molecular weight excluding hydrogens is 454 g/mol. The lowest BCUT2D eigenvalue weighted by molar-refractivity contribution is 0.102. The second kappa shape index (κ2) is 9.17. The predicted octanol–water partition coefficient (Wildman–Crippen LogP) is 4.31. The summed E-state index contributed by atoms with van der Waals surface area (Å²) in [6.07, 6.45) is 3.66. The molecule has 0 fully saturated rings. The highest BCUT2D eigenvalue weighted by Crippen LogP contribution is 2.25. The SMILES string of the molecule is O=C(Nc1ccc(Oc2ccc(-n3cccc3)nn2)cc1)c1ccccc1S(=O)(=O)C(F)F. The van der Waals surface area contributed by atoms with E-state index in [4.69, 9.17) is 4.74 Å². The summed E-state index contributed by atoms with van der Waals surface area (Å²) in [5.41, 5.74) is -0.0678. The topological polar surface area (TPSA) is 103 Å². The third kappa shape index (κ3) is 4.88. The smallest absolute Gasteiger partial charge is 0.341 e. The number of anilines is 1. The van der Waals surface area contributed by atoms with Gasteiger partial charge in [-0.25, -0.2) is 8.42 Å². The van der Waals surface area contributed by atoms with E-state index in [1.807, 2.05) is 24.5 Å². The number of nitrogens with zero attached hydrogens (tertiary/aromatic N) is 3. The normalized spacial score (nSPS) is 11.4. The van der Waals surface area contributed by atoms with Crippen LogP contribution in [-0.4, -0.2) is 34.8 Å². The molecule has 2 aromatic heterocycles. The Kier molecular flexibility index (Phi) is 6.13. The number of amides is 1. The van der Waals surface area contributed by atoms with Gasteiger partial charge in [0.15, 0.2) is 5.82 Å². The number of ether oxygens (including phenoxy) is 1. The van der Waals surface area contributed by atoms with Gasteiger partial charge in [-0.05, 0) is 54.6 Å². The minimum Gasteiger partial charge on any atom is -0.438 e. The monoisotopic (exact) mass is 470 g/mol. The minimum atomic E-state index is -4.93. The molecule has 0 aliphatic rings. The molecule has 0 aliphatic carbocycles. The van der Waals surface area contributed by atoms with Crippen molar-refractivity contribution < 1.29 is 26.7 Å². The van der Waals surface area contributed by atoms with Crippen LogP contribution >= 0.6 is 0 Å². The predicted molar refractivity (Wildman–Crippen MR) is 115 cm³/mol. The van der Waals surface area contributed by atoms with Crippen LogP contribution in [0.2, 0.25) is 0 Å². The van der Waals surface area contributed by atoms with Crippen molar-refractivity contribution in [2.24, 2.45) is 0 Å². The number of carbonyl (C=O) groups is 1. The maximum Gasteiger partial charge on any atom is 0.341 e. The van der Waals surface area contributed by atoms with Crippen LogP contribution in [0.1, 0.15) is 10.4 Å². The van der Waals surface area contributed by atoms with Crippen LogP contribution in [0, 0.1) is 0 Å². The van der Waals surface area contributed by atoms with Gasteiger partial charge in [-0.2, -0.15) is 8.78 Å². The molecule has 0 radical (unpaired) electrons. The Labute approximate surface area is 187 Å². The fourth-order valence-electron chi connectivity index (χ4n) is 2.92. The maximum atomic E-state index is 12.9. The molecule has 0 aliphatic heterocycles. The largest absolute Gasteiger partial charge is 0.438 e. The molecule has 33 heavy (non-hydrogen) atoms. The second-order valence-corrected chi connectivity index (χ2v) is 8.59. The second-order valence-electron chi connectivity index (χ2n) is 6.70. The molecule has 11 heteroatoms. The Hall–Kier alpha value is -4.12. The quantitative estimate of drug-likeness (QED) is 0.432. The number of carbonyl (C=O) groups excluding carboxylic acids is 1. The van der Waals surface area contributed by atoms with Gasteiger partial charge >= 0.3 is 5.76 Å². The molecule has 0 spiro atoms. The molecule has 8 nitrogen and oxygen atoms in total. The average Bonchev–Trinajstić information content (AvgIpc) is 3.36. The van der Waals surface area contributed by atoms with Gasteiger partial charge in [-0.15, -0.1) is 10.2 Å². The van der Waals surface area contributed by atoms with Crippen LogP contribution in [0.3, 0.4) is 0 Å². The Bertz CT molecular complexity index is 1360. The van der Waals surface area contributed by atoms with Crippen molar-refractivity contribution >= 4 is 21.4 Å². The van der Waals surface area contributed by atoms with E-state index in [1.165, 1.54) is 24.3 Å². The van der Waals surface area contributed by atoms with Gasteiger partial charge < -0.3 is 14.6 Å². The molecule has 0 atom stereocenters. The first kappa shape index (κ1) is 22.1. The number of aromatic nitrogens is 3. The molecule has 1 N–H and O–H groups in total. The summed E-state index contributed by atoms with van der Waals surface area (Å²) in [7, 11) is -4.93. The van der Waals surface area contributed by atoms with E-state index in [0.717, 1.165) is 12.1 Å². The number of sulfone groups is 1. The summed E-state index contributed by atoms with van der Waals surface area (Å²) in [6.45, 7) is 0. The molecule has 0 bridgehead atoms. The lowest BCUT2D eigenvalue weighted by Gasteiger charge is -2.11. The summed E-state index contributed by atoms with van der Waals surface area (Å²) in [4.78, 5) is 11.8. The fourth-order valence-corrected chi connectivity index (χ4v) is 3.84. The molecular formula is C22H16F2N4O4S. The van der Waals surface area contributed by atoms with Gasteiger partial charge in [0.05, 0.1) is 10.5 Å². The number of alkyl halides is 2. The van der Waals surface area contributed by atoms with Crippen molar-refractivity contribution in [2.45, 2.75) is 10.7 Å². The number of benzene rings is 2. The Morgan fingerprint density at radius 3 is 2.24 bits per heavy atom. The number of nitrogens with one attached hydrogen (secondary N) is 1. The van der Waals surface area contributed by atoms with Crippen molar-refractivity contribution in [2.75, 3.05) is 5.32 Å². The van der Waals surface area contributed by atoms with E-state index in [2.05, 4.69) is 15.5 Å². The highest BCUT2D eigenvalue weighted by Gasteiger charge is 2.30. The van der Waals surface area contributed by atoms with E-state index in [-0.39, 0.29) is 11.4 Å². The van der Waals surface area contributed by atoms with Crippen LogP contribution in [0.15, 0.2) is 90.1 Å². The summed E-state index contributed by atoms with van der Waals surface area (Å²) in [5, 5.41) is 10.6. The summed E-state index contributed by atoms with van der Waals surface area (Å²) in [6, 6.07) is 18.0. The summed E-state index contributed by atoms with van der Waals surface area (Å²) >= 11 is 0.